The Morgan fingerprint density at radius 1 is 1.11 bits per heavy atom. The second-order valence-corrected chi connectivity index (χ2v) is 1.84. The third-order valence-electron chi connectivity index (χ3n) is 1.03. The average molecular weight is 131 g/mol. The van der Waals surface area contributed by atoms with Crippen molar-refractivity contribution in [1.29, 1.82) is 0 Å². The van der Waals surface area contributed by atoms with E-state index >= 15 is 0 Å². The Balaban J connectivity index is 0.000000640. The van der Waals surface area contributed by atoms with E-state index in [4.69, 9.17) is 5.11 Å². The predicted octanol–water partition coefficient (Wildman–Crippen LogP) is -1.30. The van der Waals surface area contributed by atoms with Crippen LogP contribution in [0.1, 0.15) is 5.56 Å². The van der Waals surface area contributed by atoms with Crippen molar-refractivity contribution in [2.75, 3.05) is 0 Å². The minimum absolute atomic E-state index is 0. The zero-order valence-electron chi connectivity index (χ0n) is 5.76. The Labute approximate surface area is 77.0 Å². The fraction of sp³-hybridized carbons (Fsp3) is 0.143. The van der Waals surface area contributed by atoms with Crippen LogP contribution in [0.3, 0.4) is 0 Å². The number of hydrogen-bond acceptors (Lipinski definition) is 1. The molecular formula is C7H8NaO+. The number of rotatable bonds is 0. The molecule has 0 unspecified atom stereocenters. The number of aromatic hydroxyl groups is 1. The molecule has 1 nitrogen and oxygen atoms in total. The van der Waals surface area contributed by atoms with Crippen molar-refractivity contribution in [2.45, 2.75) is 6.92 Å². The van der Waals surface area contributed by atoms with Gasteiger partial charge in [0.25, 0.3) is 0 Å². The van der Waals surface area contributed by atoms with Gasteiger partial charge in [-0.2, -0.15) is 0 Å². The van der Waals surface area contributed by atoms with E-state index in [2.05, 4.69) is 0 Å². The third-order valence-corrected chi connectivity index (χ3v) is 1.03. The first-order valence-corrected chi connectivity index (χ1v) is 2.54. The number of hydrogen-bond donors (Lipinski definition) is 1. The summed E-state index contributed by atoms with van der Waals surface area (Å²) in [6.07, 6.45) is 0. The molecule has 0 aliphatic heterocycles. The molecule has 0 amide bonds. The summed E-state index contributed by atoms with van der Waals surface area (Å²) < 4.78 is 0. The summed E-state index contributed by atoms with van der Waals surface area (Å²) in [5, 5.41) is 8.76. The largest absolute Gasteiger partial charge is 1.00 e. The van der Waals surface area contributed by atoms with Crippen molar-refractivity contribution in [3.63, 3.8) is 0 Å². The molecule has 0 bridgehead atoms. The Morgan fingerprint density at radius 2 is 1.56 bits per heavy atom. The van der Waals surface area contributed by atoms with Gasteiger partial charge >= 0.3 is 29.6 Å². The van der Waals surface area contributed by atoms with E-state index in [1.807, 2.05) is 19.1 Å². The molecule has 0 aliphatic carbocycles. The van der Waals surface area contributed by atoms with E-state index in [-0.39, 0.29) is 29.6 Å². The van der Waals surface area contributed by atoms with E-state index in [1.54, 1.807) is 12.1 Å². The first-order valence-electron chi connectivity index (χ1n) is 2.54. The molecule has 0 spiro atoms. The summed E-state index contributed by atoms with van der Waals surface area (Å²) in [5.41, 5.74) is 1.17. The quantitative estimate of drug-likeness (QED) is 0.434. The second-order valence-electron chi connectivity index (χ2n) is 1.84. The fourth-order valence-electron chi connectivity index (χ4n) is 0.545. The van der Waals surface area contributed by atoms with Gasteiger partial charge in [0, 0.05) is 0 Å². The van der Waals surface area contributed by atoms with Gasteiger partial charge in [0.05, 0.1) is 0 Å². The number of phenolic OH excluding ortho intramolecular Hbond substituents is 1. The Hall–Kier alpha value is 0.0200. The topological polar surface area (TPSA) is 20.2 Å². The summed E-state index contributed by atoms with van der Waals surface area (Å²) in [5.74, 6) is 0.329. The van der Waals surface area contributed by atoms with Crippen molar-refractivity contribution < 1.29 is 34.7 Å². The molecule has 0 heterocycles. The smallest absolute Gasteiger partial charge is 0.508 e. The zero-order chi connectivity index (χ0) is 5.98. The maximum absolute atomic E-state index is 8.76. The van der Waals surface area contributed by atoms with Gasteiger partial charge in [0.2, 0.25) is 0 Å². The molecule has 0 radical (unpaired) electrons. The molecule has 0 fully saturated rings. The Kier molecular flexibility index (Phi) is 3.95. The maximum atomic E-state index is 8.76. The van der Waals surface area contributed by atoms with Crippen LogP contribution in [0.25, 0.3) is 0 Å². The molecule has 2 heteroatoms. The number of benzene rings is 1. The molecule has 0 atom stereocenters. The normalized spacial score (nSPS) is 8.11. The van der Waals surface area contributed by atoms with Crippen molar-refractivity contribution in [3.05, 3.63) is 29.8 Å². The van der Waals surface area contributed by atoms with Gasteiger partial charge in [-0.15, -0.1) is 0 Å². The van der Waals surface area contributed by atoms with Crippen molar-refractivity contribution >= 4 is 0 Å². The van der Waals surface area contributed by atoms with Gasteiger partial charge in [-0.05, 0) is 19.1 Å². The maximum Gasteiger partial charge on any atom is 1.00 e. The van der Waals surface area contributed by atoms with Crippen LogP contribution >= 0.6 is 0 Å². The SMILES string of the molecule is Cc1ccc(O)cc1.[Na+]. The fourth-order valence-corrected chi connectivity index (χ4v) is 0.545. The van der Waals surface area contributed by atoms with Crippen LogP contribution in [0.5, 0.6) is 5.75 Å². The standard InChI is InChI=1S/C7H8O.Na/c1-6-2-4-7(8)5-3-6;/h2-5,8H,1H3;/q;+1. The van der Waals surface area contributed by atoms with Gasteiger partial charge in [-0.3, -0.25) is 0 Å². The first kappa shape index (κ1) is 9.02. The van der Waals surface area contributed by atoms with Gasteiger partial charge in [0.1, 0.15) is 5.75 Å². The zero-order valence-corrected chi connectivity index (χ0v) is 7.76. The molecule has 1 rings (SSSR count). The van der Waals surface area contributed by atoms with Crippen LogP contribution in [0.2, 0.25) is 0 Å². The molecule has 0 saturated heterocycles. The number of aryl methyl sites for hydroxylation is 1. The van der Waals surface area contributed by atoms with Gasteiger partial charge in [-0.25, -0.2) is 0 Å². The van der Waals surface area contributed by atoms with E-state index < -0.39 is 0 Å². The van der Waals surface area contributed by atoms with Crippen molar-refractivity contribution in [3.8, 4) is 5.75 Å². The van der Waals surface area contributed by atoms with Crippen LogP contribution in [-0.2, 0) is 0 Å². The first-order chi connectivity index (χ1) is 3.79. The Morgan fingerprint density at radius 3 is 1.89 bits per heavy atom. The van der Waals surface area contributed by atoms with Gasteiger partial charge in [0.15, 0.2) is 0 Å². The van der Waals surface area contributed by atoms with E-state index in [1.165, 1.54) is 5.56 Å². The third kappa shape index (κ3) is 2.89. The van der Waals surface area contributed by atoms with E-state index in [0.29, 0.717) is 5.75 Å². The molecule has 1 aromatic rings. The monoisotopic (exact) mass is 131 g/mol. The van der Waals surface area contributed by atoms with Crippen LogP contribution in [0.4, 0.5) is 0 Å². The summed E-state index contributed by atoms with van der Waals surface area (Å²) in [7, 11) is 0. The van der Waals surface area contributed by atoms with E-state index in [9.17, 15) is 0 Å². The van der Waals surface area contributed by atoms with Crippen molar-refractivity contribution in [2.24, 2.45) is 0 Å². The molecule has 0 saturated carbocycles. The summed E-state index contributed by atoms with van der Waals surface area (Å²) in [4.78, 5) is 0. The summed E-state index contributed by atoms with van der Waals surface area (Å²) in [6, 6.07) is 7.09. The number of phenols is 1. The molecule has 0 aromatic heterocycles. The predicted molar refractivity (Wildman–Crippen MR) is 32.8 cm³/mol. The van der Waals surface area contributed by atoms with Crippen LogP contribution in [0.15, 0.2) is 24.3 Å². The average Bonchev–Trinajstić information content (AvgIpc) is 1.77. The molecule has 1 N–H and O–H groups in total. The van der Waals surface area contributed by atoms with Crippen molar-refractivity contribution in [1.82, 2.24) is 0 Å². The van der Waals surface area contributed by atoms with E-state index in [0.717, 1.165) is 0 Å². The molecule has 42 valence electrons. The molecule has 1 aromatic carbocycles. The summed E-state index contributed by atoms with van der Waals surface area (Å²) >= 11 is 0. The van der Waals surface area contributed by atoms with Gasteiger partial charge in [-0.1, -0.05) is 17.7 Å². The molecular weight excluding hydrogens is 123 g/mol. The second kappa shape index (κ2) is 3.94. The Bertz CT molecular complexity index is 148. The minimum Gasteiger partial charge on any atom is -0.508 e. The van der Waals surface area contributed by atoms with Crippen LogP contribution in [-0.4, -0.2) is 5.11 Å². The molecule has 0 aliphatic rings. The molecule has 9 heavy (non-hydrogen) atoms. The van der Waals surface area contributed by atoms with Crippen LogP contribution < -0.4 is 29.6 Å². The minimum atomic E-state index is 0. The van der Waals surface area contributed by atoms with Crippen LogP contribution in [0, 0.1) is 6.92 Å². The van der Waals surface area contributed by atoms with Gasteiger partial charge < -0.3 is 5.11 Å². The summed E-state index contributed by atoms with van der Waals surface area (Å²) in [6.45, 7) is 1.99.